The second kappa shape index (κ2) is 7.35. The third-order valence-corrected chi connectivity index (χ3v) is 3.86. The molecule has 2 rings (SSSR count). The molecular weight excluding hydrogens is 362 g/mol. The zero-order valence-electron chi connectivity index (χ0n) is 14.6. The topological polar surface area (TPSA) is 139 Å². The molecule has 26 heavy (non-hydrogen) atoms. The molecule has 0 aliphatic heterocycles. The second-order valence-electron chi connectivity index (χ2n) is 6.72. The molecule has 9 heteroatoms. The monoisotopic (exact) mass is 381 g/mol. The van der Waals surface area contributed by atoms with Crippen LogP contribution in [0.5, 0.6) is 11.5 Å². The van der Waals surface area contributed by atoms with Gasteiger partial charge in [0, 0.05) is 17.9 Å². The lowest BCUT2D eigenvalue weighted by Gasteiger charge is -2.18. The Morgan fingerprint density at radius 3 is 2.50 bits per heavy atom. The van der Waals surface area contributed by atoms with Gasteiger partial charge < -0.3 is 25.8 Å². The number of aromatic hydroxyl groups is 2. The van der Waals surface area contributed by atoms with Gasteiger partial charge in [0.2, 0.25) is 5.91 Å². The standard InChI is InChI=1S/C17H20ClN3O5/c1-17(2,3)16(25)20-14-13(10(22)4-5-19)21-26-15(14)8-6-9(18)12(24)7-11(8)23/h6-7,23-24H,4-5,19H2,1-3H3,(H,20,25). The molecule has 1 aromatic heterocycles. The fourth-order valence-electron chi connectivity index (χ4n) is 2.06. The van der Waals surface area contributed by atoms with Crippen LogP contribution in [-0.4, -0.2) is 33.6 Å². The van der Waals surface area contributed by atoms with Gasteiger partial charge in [0.15, 0.2) is 17.2 Å². The number of hydrogen-bond acceptors (Lipinski definition) is 7. The molecule has 0 saturated heterocycles. The minimum atomic E-state index is -0.753. The molecule has 1 aromatic carbocycles. The Morgan fingerprint density at radius 2 is 1.92 bits per heavy atom. The number of benzene rings is 1. The number of ketones is 1. The van der Waals surface area contributed by atoms with Crippen molar-refractivity contribution in [1.29, 1.82) is 0 Å². The molecule has 0 saturated carbocycles. The maximum Gasteiger partial charge on any atom is 0.229 e. The highest BCUT2D eigenvalue weighted by molar-refractivity contribution is 6.32. The average molecular weight is 382 g/mol. The molecular formula is C17H20ClN3O5. The third kappa shape index (κ3) is 3.97. The van der Waals surface area contributed by atoms with Crippen molar-refractivity contribution >= 4 is 29.0 Å². The number of halogens is 1. The number of hydrogen-bond donors (Lipinski definition) is 4. The van der Waals surface area contributed by atoms with E-state index in [0.717, 1.165) is 6.07 Å². The zero-order valence-corrected chi connectivity index (χ0v) is 15.3. The summed E-state index contributed by atoms with van der Waals surface area (Å²) in [5.74, 6) is -1.54. The van der Waals surface area contributed by atoms with E-state index in [0.29, 0.717) is 0 Å². The summed E-state index contributed by atoms with van der Waals surface area (Å²) in [6.07, 6.45) is 0.00662. The minimum Gasteiger partial charge on any atom is -0.507 e. The largest absolute Gasteiger partial charge is 0.507 e. The van der Waals surface area contributed by atoms with E-state index in [2.05, 4.69) is 10.5 Å². The van der Waals surface area contributed by atoms with Crippen molar-refractivity contribution in [3.8, 4) is 22.8 Å². The van der Waals surface area contributed by atoms with Gasteiger partial charge in [-0.25, -0.2) is 0 Å². The second-order valence-corrected chi connectivity index (χ2v) is 7.13. The number of nitrogens with zero attached hydrogens (tertiary/aromatic N) is 1. The van der Waals surface area contributed by atoms with Crippen LogP contribution in [0.1, 0.15) is 37.7 Å². The SMILES string of the molecule is CC(C)(C)C(=O)Nc1c(C(=O)CCN)noc1-c1cc(Cl)c(O)cc1O. The normalized spacial score (nSPS) is 11.4. The molecule has 1 amide bonds. The Kier molecular flexibility index (Phi) is 5.58. The van der Waals surface area contributed by atoms with E-state index in [1.165, 1.54) is 6.07 Å². The van der Waals surface area contributed by atoms with Gasteiger partial charge in [0.05, 0.1) is 10.6 Å². The van der Waals surface area contributed by atoms with Crippen LogP contribution < -0.4 is 11.1 Å². The molecule has 0 aliphatic rings. The van der Waals surface area contributed by atoms with E-state index in [1.807, 2.05) is 0 Å². The summed E-state index contributed by atoms with van der Waals surface area (Å²) in [7, 11) is 0. The fraction of sp³-hybridized carbons (Fsp3) is 0.353. The number of phenolic OH excluding ortho intramolecular Hbond substituents is 2. The van der Waals surface area contributed by atoms with Gasteiger partial charge in [0.25, 0.3) is 0 Å². The number of nitrogens with two attached hydrogens (primary N) is 1. The zero-order chi connectivity index (χ0) is 19.6. The highest BCUT2D eigenvalue weighted by atomic mass is 35.5. The van der Waals surface area contributed by atoms with Crippen molar-refractivity contribution in [2.45, 2.75) is 27.2 Å². The van der Waals surface area contributed by atoms with Crippen molar-refractivity contribution in [3.63, 3.8) is 0 Å². The number of amides is 1. The van der Waals surface area contributed by atoms with Crippen LogP contribution in [0.15, 0.2) is 16.7 Å². The summed E-state index contributed by atoms with van der Waals surface area (Å²) in [5.41, 5.74) is 4.64. The number of nitrogens with one attached hydrogen (secondary N) is 1. The summed E-state index contributed by atoms with van der Waals surface area (Å²) in [6, 6.07) is 2.27. The molecule has 2 aromatic rings. The number of phenols is 2. The molecule has 0 spiro atoms. The van der Waals surface area contributed by atoms with Crippen LogP contribution in [-0.2, 0) is 4.79 Å². The maximum absolute atomic E-state index is 12.4. The van der Waals surface area contributed by atoms with E-state index in [-0.39, 0.29) is 58.1 Å². The van der Waals surface area contributed by atoms with Gasteiger partial charge in [-0.3, -0.25) is 9.59 Å². The first-order valence-electron chi connectivity index (χ1n) is 7.82. The van der Waals surface area contributed by atoms with Crippen LogP contribution in [0.4, 0.5) is 5.69 Å². The summed E-state index contributed by atoms with van der Waals surface area (Å²) < 4.78 is 5.21. The van der Waals surface area contributed by atoms with E-state index >= 15 is 0 Å². The van der Waals surface area contributed by atoms with Crippen LogP contribution in [0.3, 0.4) is 0 Å². The van der Waals surface area contributed by atoms with E-state index in [1.54, 1.807) is 20.8 Å². The first-order chi connectivity index (χ1) is 12.1. The minimum absolute atomic E-state index is 0.00662. The molecule has 0 aliphatic carbocycles. The number of rotatable bonds is 5. The van der Waals surface area contributed by atoms with Gasteiger partial charge >= 0.3 is 0 Å². The number of aromatic nitrogens is 1. The lowest BCUT2D eigenvalue weighted by atomic mass is 9.95. The van der Waals surface area contributed by atoms with Gasteiger partial charge in [-0.05, 0) is 12.6 Å². The average Bonchev–Trinajstić information content (AvgIpc) is 2.93. The van der Waals surface area contributed by atoms with E-state index in [4.69, 9.17) is 21.9 Å². The van der Waals surface area contributed by atoms with Crippen molar-refractivity contribution in [3.05, 3.63) is 22.8 Å². The first kappa shape index (κ1) is 19.7. The lowest BCUT2D eigenvalue weighted by molar-refractivity contribution is -0.123. The summed E-state index contributed by atoms with van der Waals surface area (Å²) in [4.78, 5) is 24.7. The van der Waals surface area contributed by atoms with Crippen molar-refractivity contribution in [2.75, 3.05) is 11.9 Å². The van der Waals surface area contributed by atoms with Crippen molar-refractivity contribution in [2.24, 2.45) is 11.1 Å². The van der Waals surface area contributed by atoms with Gasteiger partial charge in [-0.1, -0.05) is 37.5 Å². The highest BCUT2D eigenvalue weighted by Gasteiger charge is 2.29. The number of carbonyl (C=O) groups is 2. The molecule has 8 nitrogen and oxygen atoms in total. The molecule has 140 valence electrons. The summed E-state index contributed by atoms with van der Waals surface area (Å²) in [5, 5.41) is 26.0. The Morgan fingerprint density at radius 1 is 1.27 bits per heavy atom. The number of carbonyl (C=O) groups excluding carboxylic acids is 2. The van der Waals surface area contributed by atoms with Crippen LogP contribution in [0.25, 0.3) is 11.3 Å². The van der Waals surface area contributed by atoms with Crippen molar-refractivity contribution < 1.29 is 24.3 Å². The van der Waals surface area contributed by atoms with Crippen molar-refractivity contribution in [1.82, 2.24) is 5.16 Å². The number of anilines is 1. The van der Waals surface area contributed by atoms with Gasteiger partial charge in [-0.15, -0.1) is 0 Å². The molecule has 0 fully saturated rings. The smallest absolute Gasteiger partial charge is 0.229 e. The summed E-state index contributed by atoms with van der Waals surface area (Å²) in [6.45, 7) is 5.20. The molecule has 0 atom stereocenters. The fourth-order valence-corrected chi connectivity index (χ4v) is 2.23. The number of Topliss-reactive ketones (excluding diaryl/α,β-unsaturated/α-hetero) is 1. The Labute approximate surface area is 154 Å². The predicted molar refractivity (Wildman–Crippen MR) is 96.4 cm³/mol. The first-order valence-corrected chi connectivity index (χ1v) is 8.20. The Hall–Kier alpha value is -2.58. The molecule has 0 bridgehead atoms. The Balaban J connectivity index is 2.62. The summed E-state index contributed by atoms with van der Waals surface area (Å²) >= 11 is 5.89. The third-order valence-electron chi connectivity index (χ3n) is 3.56. The van der Waals surface area contributed by atoms with Crippen LogP contribution >= 0.6 is 11.6 Å². The Bertz CT molecular complexity index is 855. The van der Waals surface area contributed by atoms with E-state index < -0.39 is 11.2 Å². The molecule has 0 unspecified atom stereocenters. The quantitative estimate of drug-likeness (QED) is 0.584. The van der Waals surface area contributed by atoms with Gasteiger partial charge in [-0.2, -0.15) is 0 Å². The van der Waals surface area contributed by atoms with E-state index in [9.17, 15) is 19.8 Å². The van der Waals surface area contributed by atoms with Crippen LogP contribution in [0, 0.1) is 5.41 Å². The van der Waals surface area contributed by atoms with Crippen LogP contribution in [0.2, 0.25) is 5.02 Å². The highest BCUT2D eigenvalue weighted by Crippen LogP contribution is 2.41. The molecule has 5 N–H and O–H groups in total. The molecule has 1 heterocycles. The molecule has 0 radical (unpaired) electrons. The predicted octanol–water partition coefficient (Wildman–Crippen LogP) is 2.92. The van der Waals surface area contributed by atoms with Gasteiger partial charge in [0.1, 0.15) is 17.2 Å². The lowest BCUT2D eigenvalue weighted by Crippen LogP contribution is -2.28. The maximum atomic E-state index is 12.4.